The standard InChI is InChI=1S/C37H30N2/c1-24-22-34(25-12-5-4-6-13-25)39(32-18-10-8-15-27(24)32)38-21-20-29-35-26(14-11-19-33(35)38)23-31-36(29)28-16-7-9-17-30(28)37(31,2)3/h4-24H,1-3H3. The van der Waals surface area contributed by atoms with Crippen LogP contribution < -0.4 is 10.0 Å². The normalized spacial score (nSPS) is 18.0. The van der Waals surface area contributed by atoms with Gasteiger partial charge in [0.25, 0.3) is 0 Å². The Hall–Kier alpha value is -4.56. The van der Waals surface area contributed by atoms with Crippen LogP contribution in [0.4, 0.5) is 11.4 Å². The molecule has 3 aliphatic rings. The van der Waals surface area contributed by atoms with Gasteiger partial charge < -0.3 is 0 Å². The SMILES string of the molecule is CC1C=C(c2ccccc2)N(N2C=Cc3c4c(cc5cccc2c35)C(C)(C)c2ccccc2-4)c2ccccc21. The Morgan fingerprint density at radius 1 is 0.718 bits per heavy atom. The number of para-hydroxylation sites is 1. The smallest absolute Gasteiger partial charge is 0.0714 e. The van der Waals surface area contributed by atoms with Crippen molar-refractivity contribution in [1.29, 1.82) is 0 Å². The first kappa shape index (κ1) is 22.4. The molecule has 0 amide bonds. The topological polar surface area (TPSA) is 6.48 Å². The molecule has 0 saturated heterocycles. The van der Waals surface area contributed by atoms with Crippen LogP contribution in [0, 0.1) is 0 Å². The molecule has 2 aliphatic heterocycles. The van der Waals surface area contributed by atoms with Gasteiger partial charge in [-0.05, 0) is 68.6 Å². The third kappa shape index (κ3) is 3.03. The second-order valence-electron chi connectivity index (χ2n) is 11.5. The Morgan fingerprint density at radius 3 is 2.33 bits per heavy atom. The zero-order chi connectivity index (χ0) is 26.3. The minimum Gasteiger partial charge on any atom is -0.256 e. The van der Waals surface area contributed by atoms with Crippen molar-refractivity contribution in [3.8, 4) is 11.1 Å². The number of anilines is 2. The van der Waals surface area contributed by atoms with Gasteiger partial charge in [-0.3, -0.25) is 5.01 Å². The Bertz CT molecular complexity index is 1860. The highest BCUT2D eigenvalue weighted by Gasteiger charge is 2.39. The zero-order valence-electron chi connectivity index (χ0n) is 22.5. The molecule has 0 fully saturated rings. The predicted octanol–water partition coefficient (Wildman–Crippen LogP) is 9.52. The predicted molar refractivity (Wildman–Crippen MR) is 165 cm³/mol. The highest BCUT2D eigenvalue weighted by atomic mass is 15.6. The lowest BCUT2D eigenvalue weighted by Crippen LogP contribution is -2.41. The van der Waals surface area contributed by atoms with Crippen LogP contribution in [-0.4, -0.2) is 0 Å². The lowest BCUT2D eigenvalue weighted by Gasteiger charge is -2.43. The summed E-state index contributed by atoms with van der Waals surface area (Å²) in [6, 6.07) is 37.8. The molecule has 0 radical (unpaired) electrons. The van der Waals surface area contributed by atoms with Crippen molar-refractivity contribution in [3.63, 3.8) is 0 Å². The van der Waals surface area contributed by atoms with Crippen molar-refractivity contribution < 1.29 is 0 Å². The summed E-state index contributed by atoms with van der Waals surface area (Å²) in [5.74, 6) is 0.325. The summed E-state index contributed by atoms with van der Waals surface area (Å²) in [5, 5.41) is 7.37. The molecule has 0 aromatic heterocycles. The van der Waals surface area contributed by atoms with E-state index in [0.717, 1.165) is 0 Å². The minimum atomic E-state index is -0.0250. The van der Waals surface area contributed by atoms with E-state index in [1.807, 2.05) is 0 Å². The van der Waals surface area contributed by atoms with E-state index in [1.165, 1.54) is 66.8 Å². The molecule has 1 atom stereocenters. The number of benzene rings is 5. The number of hydrazine groups is 1. The molecule has 39 heavy (non-hydrogen) atoms. The summed E-state index contributed by atoms with van der Waals surface area (Å²) in [5.41, 5.74) is 13.1. The van der Waals surface area contributed by atoms with E-state index in [-0.39, 0.29) is 5.41 Å². The van der Waals surface area contributed by atoms with Gasteiger partial charge in [0.2, 0.25) is 0 Å². The average Bonchev–Trinajstić information content (AvgIpc) is 3.20. The fraction of sp³-hybridized carbons (Fsp3) is 0.135. The minimum absolute atomic E-state index is 0.0250. The summed E-state index contributed by atoms with van der Waals surface area (Å²) in [6.07, 6.45) is 7.02. The molecule has 0 N–H and O–H groups in total. The lowest BCUT2D eigenvalue weighted by atomic mass is 9.81. The Kier molecular flexibility index (Phi) is 4.58. The van der Waals surface area contributed by atoms with Gasteiger partial charge in [-0.1, -0.05) is 112 Å². The van der Waals surface area contributed by atoms with Gasteiger partial charge in [0.15, 0.2) is 0 Å². The van der Waals surface area contributed by atoms with Crippen molar-refractivity contribution in [1.82, 2.24) is 0 Å². The number of hydrogen-bond donors (Lipinski definition) is 0. The van der Waals surface area contributed by atoms with E-state index in [4.69, 9.17) is 0 Å². The van der Waals surface area contributed by atoms with E-state index in [1.54, 1.807) is 0 Å². The van der Waals surface area contributed by atoms with Crippen LogP contribution in [0.25, 0.3) is 33.7 Å². The molecule has 0 saturated carbocycles. The van der Waals surface area contributed by atoms with Gasteiger partial charge in [0.05, 0.1) is 17.1 Å². The van der Waals surface area contributed by atoms with Crippen LogP contribution in [0.5, 0.6) is 0 Å². The molecule has 2 heteroatoms. The number of nitrogens with zero attached hydrogens (tertiary/aromatic N) is 2. The molecule has 2 nitrogen and oxygen atoms in total. The quantitative estimate of drug-likeness (QED) is 0.237. The Labute approximate surface area is 230 Å². The van der Waals surface area contributed by atoms with Crippen LogP contribution in [0.15, 0.2) is 115 Å². The Balaban J connectivity index is 1.39. The summed E-state index contributed by atoms with van der Waals surface area (Å²) in [7, 11) is 0. The zero-order valence-corrected chi connectivity index (χ0v) is 22.5. The van der Waals surface area contributed by atoms with Crippen molar-refractivity contribution in [2.24, 2.45) is 0 Å². The van der Waals surface area contributed by atoms with Crippen molar-refractivity contribution in [2.75, 3.05) is 10.0 Å². The maximum atomic E-state index is 2.44. The second-order valence-corrected chi connectivity index (χ2v) is 11.5. The lowest BCUT2D eigenvalue weighted by molar-refractivity contribution is 0.661. The van der Waals surface area contributed by atoms with E-state index >= 15 is 0 Å². The Morgan fingerprint density at radius 2 is 1.46 bits per heavy atom. The van der Waals surface area contributed by atoms with Crippen LogP contribution in [0.3, 0.4) is 0 Å². The van der Waals surface area contributed by atoms with Gasteiger partial charge in [0.1, 0.15) is 0 Å². The van der Waals surface area contributed by atoms with Crippen molar-refractivity contribution in [2.45, 2.75) is 32.1 Å². The average molecular weight is 503 g/mol. The monoisotopic (exact) mass is 502 g/mol. The molecule has 8 rings (SSSR count). The van der Waals surface area contributed by atoms with E-state index in [0.29, 0.717) is 5.92 Å². The molecule has 0 bridgehead atoms. The van der Waals surface area contributed by atoms with Crippen LogP contribution in [0.2, 0.25) is 0 Å². The first-order valence-electron chi connectivity index (χ1n) is 13.9. The molecule has 0 spiro atoms. The van der Waals surface area contributed by atoms with Crippen LogP contribution >= 0.6 is 0 Å². The molecule has 1 aliphatic carbocycles. The van der Waals surface area contributed by atoms with E-state index < -0.39 is 0 Å². The third-order valence-corrected chi connectivity index (χ3v) is 8.93. The second kappa shape index (κ2) is 7.97. The van der Waals surface area contributed by atoms with Gasteiger partial charge in [-0.2, -0.15) is 0 Å². The molecular weight excluding hydrogens is 472 g/mol. The highest BCUT2D eigenvalue weighted by molar-refractivity contribution is 6.10. The number of hydrogen-bond acceptors (Lipinski definition) is 2. The molecular formula is C37H30N2. The first-order valence-corrected chi connectivity index (χ1v) is 13.9. The summed E-state index contributed by atoms with van der Waals surface area (Å²) in [6.45, 7) is 7.02. The molecule has 5 aromatic rings. The maximum Gasteiger partial charge on any atom is 0.0714 e. The first-order chi connectivity index (χ1) is 19.0. The molecule has 5 aromatic carbocycles. The van der Waals surface area contributed by atoms with E-state index in [2.05, 4.69) is 152 Å². The van der Waals surface area contributed by atoms with Gasteiger partial charge in [-0.15, -0.1) is 0 Å². The summed E-state index contributed by atoms with van der Waals surface area (Å²) < 4.78 is 0. The third-order valence-electron chi connectivity index (χ3n) is 8.93. The highest BCUT2D eigenvalue weighted by Crippen LogP contribution is 2.54. The summed E-state index contributed by atoms with van der Waals surface area (Å²) in [4.78, 5) is 0. The number of allylic oxidation sites excluding steroid dienone is 1. The fourth-order valence-corrected chi connectivity index (χ4v) is 7.05. The van der Waals surface area contributed by atoms with Crippen LogP contribution in [-0.2, 0) is 5.41 Å². The number of rotatable bonds is 2. The maximum absolute atomic E-state index is 2.44. The summed E-state index contributed by atoms with van der Waals surface area (Å²) >= 11 is 0. The molecule has 188 valence electrons. The van der Waals surface area contributed by atoms with Crippen molar-refractivity contribution in [3.05, 3.63) is 143 Å². The number of fused-ring (bicyclic) bond motifs is 5. The van der Waals surface area contributed by atoms with Gasteiger partial charge in [0, 0.05) is 22.9 Å². The van der Waals surface area contributed by atoms with Gasteiger partial charge >= 0.3 is 0 Å². The largest absolute Gasteiger partial charge is 0.256 e. The van der Waals surface area contributed by atoms with Crippen LogP contribution in [0.1, 0.15) is 54.5 Å². The van der Waals surface area contributed by atoms with Gasteiger partial charge in [-0.25, -0.2) is 5.01 Å². The molecule has 2 heterocycles. The fourth-order valence-electron chi connectivity index (χ4n) is 7.05. The van der Waals surface area contributed by atoms with E-state index in [9.17, 15) is 0 Å². The van der Waals surface area contributed by atoms with Crippen molar-refractivity contribution >= 4 is 33.9 Å². The molecule has 1 unspecified atom stereocenters.